The highest BCUT2D eigenvalue weighted by Crippen LogP contribution is 2.18. The number of hydrogen-bond donors (Lipinski definition) is 1. The van der Waals surface area contributed by atoms with E-state index >= 15 is 0 Å². The van der Waals surface area contributed by atoms with Gasteiger partial charge in [0.1, 0.15) is 0 Å². The summed E-state index contributed by atoms with van der Waals surface area (Å²) in [6, 6.07) is 1.61. The summed E-state index contributed by atoms with van der Waals surface area (Å²) in [6.45, 7) is 6.26. The molecule has 0 aromatic rings. The average Bonchev–Trinajstić information content (AvgIpc) is 2.23. The Balaban J connectivity index is 1.76. The number of rotatable bonds is 2. The largest absolute Gasteiger partial charge is 0.313 e. The van der Waals surface area contributed by atoms with E-state index in [4.69, 9.17) is 0 Å². The molecule has 2 rings (SSSR count). The summed E-state index contributed by atoms with van der Waals surface area (Å²) in [5.41, 5.74) is 0. The second-order valence-corrected chi connectivity index (χ2v) is 4.99. The zero-order valence-electron chi connectivity index (χ0n) is 9.47. The molecule has 0 bridgehead atoms. The minimum absolute atomic E-state index is 0.782. The molecule has 0 aliphatic carbocycles. The Morgan fingerprint density at radius 3 is 2.71 bits per heavy atom. The molecule has 82 valence electrons. The summed E-state index contributed by atoms with van der Waals surface area (Å²) in [7, 11) is 0. The van der Waals surface area contributed by atoms with E-state index in [9.17, 15) is 0 Å². The summed E-state index contributed by atoms with van der Waals surface area (Å²) in [5, 5.41) is 3.65. The number of piperidine rings is 2. The van der Waals surface area contributed by atoms with Crippen LogP contribution in [-0.4, -0.2) is 36.6 Å². The van der Waals surface area contributed by atoms with E-state index in [1.54, 1.807) is 0 Å². The van der Waals surface area contributed by atoms with E-state index in [0.29, 0.717) is 0 Å². The van der Waals surface area contributed by atoms with E-state index in [1.165, 1.54) is 58.2 Å². The van der Waals surface area contributed by atoms with E-state index in [1.807, 2.05) is 0 Å². The SMILES string of the molecule is C[C@H]1CCCCN1C[C@H]1CCCCN1. The van der Waals surface area contributed by atoms with Gasteiger partial charge in [-0.2, -0.15) is 0 Å². The van der Waals surface area contributed by atoms with Gasteiger partial charge in [0.2, 0.25) is 0 Å². The molecule has 0 aromatic carbocycles. The van der Waals surface area contributed by atoms with Gasteiger partial charge in [-0.05, 0) is 45.7 Å². The molecule has 2 nitrogen and oxygen atoms in total. The zero-order valence-corrected chi connectivity index (χ0v) is 9.47. The molecule has 0 radical (unpaired) electrons. The first-order valence-electron chi connectivity index (χ1n) is 6.33. The summed E-state index contributed by atoms with van der Waals surface area (Å²) < 4.78 is 0. The van der Waals surface area contributed by atoms with Gasteiger partial charge in [0.05, 0.1) is 0 Å². The third kappa shape index (κ3) is 2.71. The van der Waals surface area contributed by atoms with Crippen LogP contribution in [0.4, 0.5) is 0 Å². The minimum Gasteiger partial charge on any atom is -0.313 e. The molecule has 0 spiro atoms. The maximum atomic E-state index is 3.65. The van der Waals surface area contributed by atoms with Gasteiger partial charge in [-0.25, -0.2) is 0 Å². The van der Waals surface area contributed by atoms with Crippen molar-refractivity contribution in [3.05, 3.63) is 0 Å². The smallest absolute Gasteiger partial charge is 0.0195 e. The molecule has 2 heterocycles. The Bertz CT molecular complexity index is 164. The maximum Gasteiger partial charge on any atom is 0.0195 e. The highest BCUT2D eigenvalue weighted by Gasteiger charge is 2.22. The monoisotopic (exact) mass is 196 g/mol. The van der Waals surface area contributed by atoms with Crippen LogP contribution in [0, 0.1) is 0 Å². The first-order valence-corrected chi connectivity index (χ1v) is 6.33. The van der Waals surface area contributed by atoms with E-state index in [2.05, 4.69) is 17.1 Å². The second-order valence-electron chi connectivity index (χ2n) is 4.99. The molecule has 2 heteroatoms. The molecule has 2 aliphatic heterocycles. The third-order valence-electron chi connectivity index (χ3n) is 3.81. The normalized spacial score (nSPS) is 35.8. The Hall–Kier alpha value is -0.0800. The van der Waals surface area contributed by atoms with Crippen molar-refractivity contribution in [1.82, 2.24) is 10.2 Å². The van der Waals surface area contributed by atoms with Crippen LogP contribution in [0.25, 0.3) is 0 Å². The lowest BCUT2D eigenvalue weighted by Crippen LogP contribution is -2.48. The number of nitrogens with zero attached hydrogens (tertiary/aromatic N) is 1. The van der Waals surface area contributed by atoms with Gasteiger partial charge in [0, 0.05) is 18.6 Å². The molecular formula is C12H24N2. The molecule has 0 unspecified atom stereocenters. The fraction of sp³-hybridized carbons (Fsp3) is 1.00. The van der Waals surface area contributed by atoms with Crippen molar-refractivity contribution in [3.8, 4) is 0 Å². The molecule has 2 atom stereocenters. The summed E-state index contributed by atoms with van der Waals surface area (Å²) in [6.07, 6.45) is 8.47. The second kappa shape index (κ2) is 5.13. The van der Waals surface area contributed by atoms with Crippen LogP contribution in [0.3, 0.4) is 0 Å². The maximum absolute atomic E-state index is 3.65. The van der Waals surface area contributed by atoms with Crippen molar-refractivity contribution in [2.45, 2.75) is 57.5 Å². The Morgan fingerprint density at radius 2 is 2.00 bits per heavy atom. The van der Waals surface area contributed by atoms with Crippen LogP contribution >= 0.6 is 0 Å². The van der Waals surface area contributed by atoms with Crippen molar-refractivity contribution in [1.29, 1.82) is 0 Å². The standard InChI is InChI=1S/C12H24N2/c1-11-6-3-5-9-14(11)10-12-7-2-4-8-13-12/h11-13H,2-10H2,1H3/t11-,12+/m0/s1. The van der Waals surface area contributed by atoms with Gasteiger partial charge in [-0.15, -0.1) is 0 Å². The van der Waals surface area contributed by atoms with E-state index < -0.39 is 0 Å². The summed E-state index contributed by atoms with van der Waals surface area (Å²) >= 11 is 0. The van der Waals surface area contributed by atoms with Gasteiger partial charge in [-0.3, -0.25) is 4.90 Å². The Kier molecular flexibility index (Phi) is 3.82. The van der Waals surface area contributed by atoms with Crippen molar-refractivity contribution >= 4 is 0 Å². The molecule has 0 amide bonds. The van der Waals surface area contributed by atoms with Crippen LogP contribution in [0.2, 0.25) is 0 Å². The first-order chi connectivity index (χ1) is 6.86. The predicted octanol–water partition coefficient (Wildman–Crippen LogP) is 2.00. The molecule has 2 fully saturated rings. The van der Waals surface area contributed by atoms with Crippen molar-refractivity contribution in [2.75, 3.05) is 19.6 Å². The van der Waals surface area contributed by atoms with Crippen molar-refractivity contribution in [3.63, 3.8) is 0 Å². The van der Waals surface area contributed by atoms with Gasteiger partial charge in [0.25, 0.3) is 0 Å². The number of likely N-dealkylation sites (tertiary alicyclic amines) is 1. The van der Waals surface area contributed by atoms with Crippen LogP contribution in [0.5, 0.6) is 0 Å². The van der Waals surface area contributed by atoms with Gasteiger partial charge < -0.3 is 5.32 Å². The van der Waals surface area contributed by atoms with Gasteiger partial charge in [-0.1, -0.05) is 12.8 Å². The molecule has 1 N–H and O–H groups in total. The molecule has 0 saturated carbocycles. The minimum atomic E-state index is 0.782. The fourth-order valence-corrected chi connectivity index (χ4v) is 2.79. The molecule has 2 aliphatic rings. The number of nitrogens with one attached hydrogen (secondary N) is 1. The van der Waals surface area contributed by atoms with Crippen molar-refractivity contribution < 1.29 is 0 Å². The van der Waals surface area contributed by atoms with Crippen LogP contribution in [0.15, 0.2) is 0 Å². The third-order valence-corrected chi connectivity index (χ3v) is 3.81. The summed E-state index contributed by atoms with van der Waals surface area (Å²) in [4.78, 5) is 2.69. The van der Waals surface area contributed by atoms with Crippen LogP contribution in [-0.2, 0) is 0 Å². The van der Waals surface area contributed by atoms with E-state index in [-0.39, 0.29) is 0 Å². The lowest BCUT2D eigenvalue weighted by Gasteiger charge is -2.37. The van der Waals surface area contributed by atoms with Crippen LogP contribution < -0.4 is 5.32 Å². The summed E-state index contributed by atoms with van der Waals surface area (Å²) in [5.74, 6) is 0. The predicted molar refractivity (Wildman–Crippen MR) is 60.5 cm³/mol. The topological polar surface area (TPSA) is 15.3 Å². The first kappa shape index (κ1) is 10.4. The molecule has 0 aromatic heterocycles. The van der Waals surface area contributed by atoms with Gasteiger partial charge in [0.15, 0.2) is 0 Å². The van der Waals surface area contributed by atoms with Crippen molar-refractivity contribution in [2.24, 2.45) is 0 Å². The zero-order chi connectivity index (χ0) is 9.80. The highest BCUT2D eigenvalue weighted by molar-refractivity contribution is 4.80. The Morgan fingerprint density at radius 1 is 1.14 bits per heavy atom. The lowest BCUT2D eigenvalue weighted by molar-refractivity contribution is 0.137. The molecule has 2 saturated heterocycles. The van der Waals surface area contributed by atoms with E-state index in [0.717, 1.165) is 12.1 Å². The quantitative estimate of drug-likeness (QED) is 0.727. The lowest BCUT2D eigenvalue weighted by atomic mass is 10.00. The van der Waals surface area contributed by atoms with Crippen LogP contribution in [0.1, 0.15) is 45.4 Å². The molecular weight excluding hydrogens is 172 g/mol. The average molecular weight is 196 g/mol. The molecule has 14 heavy (non-hydrogen) atoms. The van der Waals surface area contributed by atoms with Gasteiger partial charge >= 0.3 is 0 Å². The number of hydrogen-bond acceptors (Lipinski definition) is 2. The highest BCUT2D eigenvalue weighted by atomic mass is 15.2. The fourth-order valence-electron chi connectivity index (χ4n) is 2.79. The Labute approximate surface area is 88.1 Å².